The smallest absolute Gasteiger partial charge is 0.408 e. The first-order valence-electron chi connectivity index (χ1n) is 7.65. The van der Waals surface area contributed by atoms with Gasteiger partial charge in [-0.25, -0.2) is 4.79 Å². The molecular formula is C17H26BrN3O3. The van der Waals surface area contributed by atoms with E-state index in [1.807, 2.05) is 20.8 Å². The van der Waals surface area contributed by atoms with E-state index in [1.54, 1.807) is 39.0 Å². The van der Waals surface area contributed by atoms with E-state index in [0.717, 1.165) is 4.47 Å². The van der Waals surface area contributed by atoms with E-state index < -0.39 is 23.2 Å². The molecule has 0 saturated heterocycles. The Labute approximate surface area is 151 Å². The fraction of sp³-hybridized carbons (Fsp3) is 0.529. The first-order valence-corrected chi connectivity index (χ1v) is 8.44. The standard InChI is InChI=1S/C17H26BrN3O3/c1-16(2,3)13(21-15(23)24-17(4,5)6)14(22)20-12-8-7-10(18)9-11(12)19/h7-9,13H,19H2,1-6H3,(H,20,22)(H,21,23)/t13-/m1/s1. The SMILES string of the molecule is CC(C)(C)OC(=O)N[C@H](C(=O)Nc1ccc(Br)cc1N)C(C)(C)C. The van der Waals surface area contributed by atoms with Crippen molar-refractivity contribution < 1.29 is 14.3 Å². The lowest BCUT2D eigenvalue weighted by molar-refractivity contribution is -0.120. The summed E-state index contributed by atoms with van der Waals surface area (Å²) in [6.07, 6.45) is -0.638. The average molecular weight is 400 g/mol. The maximum absolute atomic E-state index is 12.6. The van der Waals surface area contributed by atoms with Crippen LogP contribution in [0.2, 0.25) is 0 Å². The topological polar surface area (TPSA) is 93.4 Å². The lowest BCUT2D eigenvalue weighted by Gasteiger charge is -2.31. The molecule has 1 aromatic carbocycles. The molecule has 0 aliphatic heterocycles. The maximum Gasteiger partial charge on any atom is 0.408 e. The number of carbonyl (C=O) groups is 2. The Kier molecular flexibility index (Phi) is 6.27. The lowest BCUT2D eigenvalue weighted by Crippen LogP contribution is -2.52. The van der Waals surface area contributed by atoms with Crippen LogP contribution in [0.25, 0.3) is 0 Å². The number of hydrogen-bond acceptors (Lipinski definition) is 4. The zero-order valence-electron chi connectivity index (χ0n) is 15.0. The summed E-state index contributed by atoms with van der Waals surface area (Å²) in [5.41, 5.74) is 5.68. The van der Waals surface area contributed by atoms with Gasteiger partial charge in [0, 0.05) is 4.47 Å². The van der Waals surface area contributed by atoms with Crippen LogP contribution in [0.15, 0.2) is 22.7 Å². The van der Waals surface area contributed by atoms with Crippen LogP contribution < -0.4 is 16.4 Å². The molecule has 0 fully saturated rings. The van der Waals surface area contributed by atoms with Gasteiger partial charge in [-0.2, -0.15) is 0 Å². The summed E-state index contributed by atoms with van der Waals surface area (Å²) in [4.78, 5) is 24.7. The van der Waals surface area contributed by atoms with Gasteiger partial charge in [0.15, 0.2) is 0 Å². The molecule has 1 aromatic rings. The van der Waals surface area contributed by atoms with Crippen LogP contribution in [-0.4, -0.2) is 23.6 Å². The zero-order chi connectivity index (χ0) is 18.7. The fourth-order valence-electron chi connectivity index (χ4n) is 1.95. The largest absolute Gasteiger partial charge is 0.444 e. The van der Waals surface area contributed by atoms with E-state index in [-0.39, 0.29) is 5.91 Å². The zero-order valence-corrected chi connectivity index (χ0v) is 16.6. The second kappa shape index (κ2) is 7.42. The van der Waals surface area contributed by atoms with Crippen LogP contribution in [0, 0.1) is 5.41 Å². The normalized spacial score (nSPS) is 13.1. The number of alkyl carbamates (subject to hydrolysis) is 1. The Morgan fingerprint density at radius 1 is 1.17 bits per heavy atom. The Hall–Kier alpha value is -1.76. The highest BCUT2D eigenvalue weighted by molar-refractivity contribution is 9.10. The van der Waals surface area contributed by atoms with Gasteiger partial charge in [-0.15, -0.1) is 0 Å². The molecule has 24 heavy (non-hydrogen) atoms. The summed E-state index contributed by atoms with van der Waals surface area (Å²) < 4.78 is 6.06. The van der Waals surface area contributed by atoms with Crippen molar-refractivity contribution >= 4 is 39.3 Å². The molecule has 4 N–H and O–H groups in total. The van der Waals surface area contributed by atoms with E-state index in [1.165, 1.54) is 0 Å². The van der Waals surface area contributed by atoms with Crippen molar-refractivity contribution in [2.24, 2.45) is 5.41 Å². The van der Waals surface area contributed by atoms with Crippen LogP contribution >= 0.6 is 15.9 Å². The summed E-state index contributed by atoms with van der Waals surface area (Å²) in [5, 5.41) is 5.40. The summed E-state index contributed by atoms with van der Waals surface area (Å²) in [6, 6.07) is 4.39. The Bertz CT molecular complexity index is 618. The number of nitrogens with one attached hydrogen (secondary N) is 2. The highest BCUT2D eigenvalue weighted by atomic mass is 79.9. The number of anilines is 2. The van der Waals surface area contributed by atoms with Gasteiger partial charge < -0.3 is 21.1 Å². The lowest BCUT2D eigenvalue weighted by atomic mass is 9.86. The number of hydrogen-bond donors (Lipinski definition) is 3. The molecule has 0 aromatic heterocycles. The number of rotatable bonds is 3. The number of ether oxygens (including phenoxy) is 1. The van der Waals surface area contributed by atoms with Gasteiger partial charge in [-0.3, -0.25) is 4.79 Å². The first kappa shape index (κ1) is 20.3. The second-order valence-electron chi connectivity index (χ2n) is 7.67. The molecule has 6 nitrogen and oxygen atoms in total. The number of halogens is 1. The molecule has 0 spiro atoms. The number of benzene rings is 1. The number of nitrogens with two attached hydrogens (primary N) is 1. The predicted octanol–water partition coefficient (Wildman–Crippen LogP) is 3.91. The van der Waals surface area contributed by atoms with Crippen molar-refractivity contribution in [3.8, 4) is 0 Å². The first-order chi connectivity index (χ1) is 10.8. The molecule has 0 saturated carbocycles. The van der Waals surface area contributed by atoms with Crippen molar-refractivity contribution in [2.45, 2.75) is 53.2 Å². The number of carbonyl (C=O) groups excluding carboxylic acids is 2. The van der Waals surface area contributed by atoms with Gasteiger partial charge in [0.05, 0.1) is 11.4 Å². The molecule has 0 unspecified atom stereocenters. The van der Waals surface area contributed by atoms with Crippen LogP contribution in [0.4, 0.5) is 16.2 Å². The van der Waals surface area contributed by atoms with Gasteiger partial charge in [-0.1, -0.05) is 36.7 Å². The van der Waals surface area contributed by atoms with Gasteiger partial charge in [0.2, 0.25) is 5.91 Å². The molecule has 0 aliphatic rings. The average Bonchev–Trinajstić information content (AvgIpc) is 2.35. The van der Waals surface area contributed by atoms with Crippen LogP contribution in [0.1, 0.15) is 41.5 Å². The summed E-state index contributed by atoms with van der Waals surface area (Å²) >= 11 is 3.32. The molecule has 7 heteroatoms. The highest BCUT2D eigenvalue weighted by Crippen LogP contribution is 2.26. The molecule has 0 heterocycles. The molecule has 0 aliphatic carbocycles. The van der Waals surface area contributed by atoms with Gasteiger partial charge in [-0.05, 0) is 44.4 Å². The predicted molar refractivity (Wildman–Crippen MR) is 99.8 cm³/mol. The second-order valence-corrected chi connectivity index (χ2v) is 8.58. The van der Waals surface area contributed by atoms with Gasteiger partial charge >= 0.3 is 6.09 Å². The van der Waals surface area contributed by atoms with Crippen LogP contribution in [0.5, 0.6) is 0 Å². The minimum absolute atomic E-state index is 0.359. The molecule has 0 bridgehead atoms. The van der Waals surface area contributed by atoms with Gasteiger partial charge in [0.1, 0.15) is 11.6 Å². The fourth-order valence-corrected chi connectivity index (χ4v) is 2.33. The summed E-state index contributed by atoms with van der Waals surface area (Å²) in [6.45, 7) is 10.9. The third-order valence-corrected chi connectivity index (χ3v) is 3.55. The van der Waals surface area contributed by atoms with Crippen LogP contribution in [-0.2, 0) is 9.53 Å². The van der Waals surface area contributed by atoms with Gasteiger partial charge in [0.25, 0.3) is 0 Å². The number of nitrogen functional groups attached to an aromatic ring is 1. The Balaban J connectivity index is 2.92. The monoisotopic (exact) mass is 399 g/mol. The third kappa shape index (κ3) is 6.39. The molecule has 2 amide bonds. The summed E-state index contributed by atoms with van der Waals surface area (Å²) in [7, 11) is 0. The summed E-state index contributed by atoms with van der Waals surface area (Å²) in [5.74, 6) is -0.359. The Morgan fingerprint density at radius 2 is 1.75 bits per heavy atom. The van der Waals surface area contributed by atoms with Crippen molar-refractivity contribution in [3.05, 3.63) is 22.7 Å². The molecule has 1 rings (SSSR count). The van der Waals surface area contributed by atoms with Crippen molar-refractivity contribution in [1.29, 1.82) is 0 Å². The van der Waals surface area contributed by atoms with Crippen molar-refractivity contribution in [2.75, 3.05) is 11.1 Å². The quantitative estimate of drug-likeness (QED) is 0.671. The highest BCUT2D eigenvalue weighted by Gasteiger charge is 2.34. The van der Waals surface area contributed by atoms with E-state index >= 15 is 0 Å². The maximum atomic E-state index is 12.6. The molecular weight excluding hydrogens is 374 g/mol. The van der Waals surface area contributed by atoms with Crippen molar-refractivity contribution in [3.63, 3.8) is 0 Å². The molecule has 134 valence electrons. The van der Waals surface area contributed by atoms with Crippen LogP contribution in [0.3, 0.4) is 0 Å². The third-order valence-electron chi connectivity index (χ3n) is 3.06. The molecule has 0 radical (unpaired) electrons. The minimum atomic E-state index is -0.782. The van der Waals surface area contributed by atoms with E-state index in [0.29, 0.717) is 11.4 Å². The minimum Gasteiger partial charge on any atom is -0.444 e. The van der Waals surface area contributed by atoms with E-state index in [4.69, 9.17) is 10.5 Å². The molecule has 1 atom stereocenters. The Morgan fingerprint density at radius 3 is 2.21 bits per heavy atom. The van der Waals surface area contributed by atoms with E-state index in [2.05, 4.69) is 26.6 Å². The number of amides is 2. The van der Waals surface area contributed by atoms with E-state index in [9.17, 15) is 9.59 Å². The van der Waals surface area contributed by atoms with Crippen molar-refractivity contribution in [1.82, 2.24) is 5.32 Å².